The standard InChI is InChI=1S/C19H14O2/c20-18-14-5-1-3-11-4-2-6-15(16(11)14)19-17(18)12-7-9-13(21-19)10-8-12/h1-7,9,12-13H,8,10H2/t12-,13+/m1/s1. The fraction of sp³-hybridized carbons (Fsp3) is 0.211. The van der Waals surface area contributed by atoms with Crippen molar-refractivity contribution in [3.63, 3.8) is 0 Å². The van der Waals surface area contributed by atoms with Crippen molar-refractivity contribution in [1.82, 2.24) is 0 Å². The molecule has 0 saturated heterocycles. The molecule has 2 aliphatic carbocycles. The van der Waals surface area contributed by atoms with Crippen LogP contribution in [0.25, 0.3) is 16.5 Å². The molecule has 6 rings (SSSR count). The Bertz CT molecular complexity index is 852. The van der Waals surface area contributed by atoms with Crippen LogP contribution in [0.15, 0.2) is 54.1 Å². The molecule has 0 amide bonds. The molecule has 4 aliphatic rings. The van der Waals surface area contributed by atoms with E-state index in [4.69, 9.17) is 4.74 Å². The van der Waals surface area contributed by atoms with E-state index in [1.807, 2.05) is 18.2 Å². The first-order chi connectivity index (χ1) is 10.3. The number of benzene rings is 2. The van der Waals surface area contributed by atoms with Crippen molar-refractivity contribution in [2.24, 2.45) is 5.92 Å². The van der Waals surface area contributed by atoms with Crippen LogP contribution in [0.2, 0.25) is 0 Å². The van der Waals surface area contributed by atoms with Gasteiger partial charge in [0, 0.05) is 28.0 Å². The average Bonchev–Trinajstić information content (AvgIpc) is 2.82. The molecule has 0 radical (unpaired) electrons. The zero-order valence-electron chi connectivity index (χ0n) is 11.5. The van der Waals surface area contributed by atoms with Gasteiger partial charge in [-0.3, -0.25) is 4.79 Å². The van der Waals surface area contributed by atoms with Gasteiger partial charge in [-0.1, -0.05) is 42.5 Å². The molecule has 2 aliphatic heterocycles. The van der Waals surface area contributed by atoms with Crippen LogP contribution in [0.5, 0.6) is 0 Å². The molecular weight excluding hydrogens is 260 g/mol. The van der Waals surface area contributed by atoms with Crippen LogP contribution in [0, 0.1) is 5.92 Å². The van der Waals surface area contributed by atoms with Crippen molar-refractivity contribution < 1.29 is 9.53 Å². The minimum absolute atomic E-state index is 0.113. The second kappa shape index (κ2) is 3.85. The Kier molecular flexibility index (Phi) is 2.08. The normalized spacial score (nSPS) is 25.8. The van der Waals surface area contributed by atoms with E-state index in [1.54, 1.807) is 0 Å². The highest BCUT2D eigenvalue weighted by molar-refractivity contribution is 6.24. The predicted octanol–water partition coefficient (Wildman–Crippen LogP) is 4.11. The quantitative estimate of drug-likeness (QED) is 0.676. The maximum absolute atomic E-state index is 13.0. The first-order valence-electron chi connectivity index (χ1n) is 7.49. The van der Waals surface area contributed by atoms with Gasteiger partial charge in [-0.05, 0) is 24.3 Å². The molecule has 0 spiro atoms. The number of allylic oxidation sites excluding steroid dienone is 2. The topological polar surface area (TPSA) is 26.3 Å². The molecule has 2 heterocycles. The summed E-state index contributed by atoms with van der Waals surface area (Å²) in [6.07, 6.45) is 6.38. The third kappa shape index (κ3) is 1.40. The van der Waals surface area contributed by atoms with E-state index >= 15 is 0 Å². The molecule has 0 fully saturated rings. The molecule has 2 aromatic rings. The molecular formula is C19H14O2. The number of fused-ring (bicyclic) bond motifs is 1. The molecule has 21 heavy (non-hydrogen) atoms. The van der Waals surface area contributed by atoms with E-state index in [1.165, 1.54) is 0 Å². The second-order valence-electron chi connectivity index (χ2n) is 6.01. The van der Waals surface area contributed by atoms with E-state index in [9.17, 15) is 4.79 Å². The lowest BCUT2D eigenvalue weighted by atomic mass is 9.79. The fourth-order valence-corrected chi connectivity index (χ4v) is 3.86. The van der Waals surface area contributed by atoms with Crippen LogP contribution in [-0.2, 0) is 4.74 Å². The summed E-state index contributed by atoms with van der Waals surface area (Å²) < 4.78 is 6.20. The molecule has 2 aromatic carbocycles. The summed E-state index contributed by atoms with van der Waals surface area (Å²) in [5.74, 6) is 1.17. The summed E-state index contributed by atoms with van der Waals surface area (Å²) in [6.45, 7) is 0. The van der Waals surface area contributed by atoms with E-state index in [0.717, 1.165) is 46.1 Å². The lowest BCUT2D eigenvalue weighted by Gasteiger charge is -2.23. The minimum Gasteiger partial charge on any atom is -0.485 e. The summed E-state index contributed by atoms with van der Waals surface area (Å²) >= 11 is 0. The van der Waals surface area contributed by atoms with Crippen LogP contribution in [0.3, 0.4) is 0 Å². The number of ether oxygens (including phenoxy) is 1. The van der Waals surface area contributed by atoms with Gasteiger partial charge >= 0.3 is 0 Å². The van der Waals surface area contributed by atoms with E-state index in [-0.39, 0.29) is 17.8 Å². The van der Waals surface area contributed by atoms with Gasteiger partial charge in [0.1, 0.15) is 11.9 Å². The Labute approximate surface area is 122 Å². The number of hydrogen-bond acceptors (Lipinski definition) is 2. The maximum Gasteiger partial charge on any atom is 0.193 e. The number of ketones is 1. The highest BCUT2D eigenvalue weighted by Crippen LogP contribution is 2.45. The lowest BCUT2D eigenvalue weighted by Crippen LogP contribution is -2.18. The first kappa shape index (κ1) is 11.3. The molecule has 0 saturated carbocycles. The van der Waals surface area contributed by atoms with Crippen LogP contribution in [-0.4, -0.2) is 11.9 Å². The number of carbonyl (C=O) groups excluding carboxylic acids is 1. The lowest BCUT2D eigenvalue weighted by molar-refractivity contribution is 0.102. The fourth-order valence-electron chi connectivity index (χ4n) is 3.86. The van der Waals surface area contributed by atoms with Gasteiger partial charge in [0.2, 0.25) is 0 Å². The van der Waals surface area contributed by atoms with Gasteiger partial charge in [0.15, 0.2) is 5.78 Å². The zero-order chi connectivity index (χ0) is 14.0. The monoisotopic (exact) mass is 274 g/mol. The SMILES string of the molecule is O=C1C2=C(O[C@H]3C=C[C@@H]2CC3)c2cccc3cccc1c23. The maximum atomic E-state index is 13.0. The molecule has 0 unspecified atom stereocenters. The third-order valence-corrected chi connectivity index (χ3v) is 4.84. The number of hydrogen-bond donors (Lipinski definition) is 0. The van der Waals surface area contributed by atoms with Crippen molar-refractivity contribution in [1.29, 1.82) is 0 Å². The Balaban J connectivity index is 1.90. The Morgan fingerprint density at radius 2 is 1.76 bits per heavy atom. The Morgan fingerprint density at radius 3 is 2.52 bits per heavy atom. The molecule has 102 valence electrons. The molecule has 2 heteroatoms. The second-order valence-corrected chi connectivity index (χ2v) is 6.01. The molecule has 2 nitrogen and oxygen atoms in total. The highest BCUT2D eigenvalue weighted by Gasteiger charge is 2.37. The number of rotatable bonds is 0. The van der Waals surface area contributed by atoms with Crippen molar-refractivity contribution in [2.75, 3.05) is 0 Å². The van der Waals surface area contributed by atoms with E-state index in [2.05, 4.69) is 30.4 Å². The molecule has 2 bridgehead atoms. The van der Waals surface area contributed by atoms with Crippen molar-refractivity contribution in [3.05, 3.63) is 65.3 Å². The van der Waals surface area contributed by atoms with Crippen LogP contribution in [0.1, 0.15) is 28.8 Å². The summed E-state index contributed by atoms with van der Waals surface area (Å²) in [7, 11) is 0. The Hall–Kier alpha value is -2.35. The van der Waals surface area contributed by atoms with Gasteiger partial charge in [-0.15, -0.1) is 0 Å². The van der Waals surface area contributed by atoms with Crippen LogP contribution in [0.4, 0.5) is 0 Å². The first-order valence-corrected chi connectivity index (χ1v) is 7.49. The highest BCUT2D eigenvalue weighted by atomic mass is 16.5. The third-order valence-electron chi connectivity index (χ3n) is 4.84. The van der Waals surface area contributed by atoms with Gasteiger partial charge < -0.3 is 4.74 Å². The zero-order valence-corrected chi connectivity index (χ0v) is 11.5. The number of Topliss-reactive ketones (excluding diaryl/α,β-unsaturated/α-hetero) is 1. The van der Waals surface area contributed by atoms with Crippen molar-refractivity contribution in [3.8, 4) is 0 Å². The molecule has 2 atom stereocenters. The van der Waals surface area contributed by atoms with Crippen LogP contribution >= 0.6 is 0 Å². The van der Waals surface area contributed by atoms with E-state index in [0.29, 0.717) is 0 Å². The number of carbonyl (C=O) groups is 1. The van der Waals surface area contributed by atoms with E-state index < -0.39 is 0 Å². The van der Waals surface area contributed by atoms with Crippen molar-refractivity contribution >= 4 is 22.3 Å². The summed E-state index contributed by atoms with van der Waals surface area (Å²) in [5.41, 5.74) is 2.76. The average molecular weight is 274 g/mol. The largest absolute Gasteiger partial charge is 0.485 e. The van der Waals surface area contributed by atoms with Gasteiger partial charge in [-0.25, -0.2) is 0 Å². The molecule has 0 aromatic heterocycles. The van der Waals surface area contributed by atoms with Gasteiger partial charge in [0.25, 0.3) is 0 Å². The summed E-state index contributed by atoms with van der Waals surface area (Å²) in [6, 6.07) is 12.2. The molecule has 0 N–H and O–H groups in total. The van der Waals surface area contributed by atoms with Crippen LogP contribution < -0.4 is 0 Å². The van der Waals surface area contributed by atoms with Gasteiger partial charge in [-0.2, -0.15) is 0 Å². The smallest absolute Gasteiger partial charge is 0.193 e. The Morgan fingerprint density at radius 1 is 0.952 bits per heavy atom. The predicted molar refractivity (Wildman–Crippen MR) is 81.9 cm³/mol. The van der Waals surface area contributed by atoms with Crippen molar-refractivity contribution in [2.45, 2.75) is 18.9 Å². The summed E-state index contributed by atoms with van der Waals surface area (Å²) in [4.78, 5) is 13.0. The van der Waals surface area contributed by atoms with Gasteiger partial charge in [0.05, 0.1) is 0 Å². The summed E-state index contributed by atoms with van der Waals surface area (Å²) in [5, 5.41) is 2.16. The minimum atomic E-state index is 0.113.